The third-order valence-electron chi connectivity index (χ3n) is 5.33. The van der Waals surface area contributed by atoms with E-state index in [2.05, 4.69) is 35.4 Å². The van der Waals surface area contributed by atoms with Gasteiger partial charge in [-0.2, -0.15) is 10.1 Å². The molecule has 4 aromatic rings. The van der Waals surface area contributed by atoms with Gasteiger partial charge >= 0.3 is 0 Å². The SMILES string of the molecule is C(=N\Nc1c[nH]c2ccccc12)/c1nc(OCCc2ccccn2)cc(N2CCOCC2)n1. The lowest BCUT2D eigenvalue weighted by molar-refractivity contribution is 0.122. The second-order valence-electron chi connectivity index (χ2n) is 7.56. The van der Waals surface area contributed by atoms with E-state index in [1.807, 2.05) is 54.7 Å². The first kappa shape index (κ1) is 20.9. The first-order chi connectivity index (χ1) is 16.3. The average molecular weight is 444 g/mol. The van der Waals surface area contributed by atoms with Crippen molar-refractivity contribution in [1.29, 1.82) is 0 Å². The van der Waals surface area contributed by atoms with Gasteiger partial charge in [-0.25, -0.2) is 4.98 Å². The Morgan fingerprint density at radius 3 is 2.88 bits per heavy atom. The molecule has 1 aliphatic rings. The number of hydrazone groups is 1. The summed E-state index contributed by atoms with van der Waals surface area (Å²) in [5.41, 5.74) is 5.98. The molecule has 3 aromatic heterocycles. The zero-order valence-electron chi connectivity index (χ0n) is 18.1. The van der Waals surface area contributed by atoms with Crippen molar-refractivity contribution in [2.24, 2.45) is 5.10 Å². The molecular weight excluding hydrogens is 418 g/mol. The normalized spacial score (nSPS) is 14.1. The third-order valence-corrected chi connectivity index (χ3v) is 5.33. The van der Waals surface area contributed by atoms with Crippen LogP contribution in [-0.4, -0.2) is 59.1 Å². The number of nitrogens with zero attached hydrogens (tertiary/aromatic N) is 5. The van der Waals surface area contributed by atoms with Crippen LogP contribution in [0.1, 0.15) is 11.5 Å². The molecule has 1 fully saturated rings. The fourth-order valence-electron chi connectivity index (χ4n) is 3.65. The lowest BCUT2D eigenvalue weighted by Crippen LogP contribution is -2.37. The number of ether oxygens (including phenoxy) is 2. The van der Waals surface area contributed by atoms with E-state index in [1.54, 1.807) is 12.4 Å². The lowest BCUT2D eigenvalue weighted by Gasteiger charge is -2.28. The maximum absolute atomic E-state index is 5.96. The molecule has 0 unspecified atom stereocenters. The van der Waals surface area contributed by atoms with Crippen LogP contribution in [0.2, 0.25) is 0 Å². The van der Waals surface area contributed by atoms with Crippen molar-refractivity contribution in [2.75, 3.05) is 43.2 Å². The van der Waals surface area contributed by atoms with Gasteiger partial charge < -0.3 is 19.4 Å². The smallest absolute Gasteiger partial charge is 0.219 e. The highest BCUT2D eigenvalue weighted by Crippen LogP contribution is 2.22. The number of hydrogen-bond acceptors (Lipinski definition) is 8. The molecule has 9 heteroatoms. The van der Waals surface area contributed by atoms with Crippen LogP contribution in [0.4, 0.5) is 11.5 Å². The fraction of sp³-hybridized carbons (Fsp3) is 0.250. The summed E-state index contributed by atoms with van der Waals surface area (Å²) in [6.07, 6.45) is 5.98. The van der Waals surface area contributed by atoms with E-state index in [1.165, 1.54) is 0 Å². The molecule has 1 aromatic carbocycles. The number of hydrogen-bond donors (Lipinski definition) is 2. The number of pyridine rings is 1. The number of anilines is 2. The average Bonchev–Trinajstić information content (AvgIpc) is 3.28. The molecule has 2 N–H and O–H groups in total. The van der Waals surface area contributed by atoms with Crippen molar-refractivity contribution in [1.82, 2.24) is 19.9 Å². The molecule has 4 heterocycles. The van der Waals surface area contributed by atoms with Gasteiger partial charge in [0.15, 0.2) is 5.82 Å². The van der Waals surface area contributed by atoms with Gasteiger partial charge in [0, 0.05) is 54.6 Å². The minimum absolute atomic E-state index is 0.471. The molecule has 0 bridgehead atoms. The highest BCUT2D eigenvalue weighted by Gasteiger charge is 2.15. The van der Waals surface area contributed by atoms with Crippen molar-refractivity contribution < 1.29 is 9.47 Å². The summed E-state index contributed by atoms with van der Waals surface area (Å²) >= 11 is 0. The molecule has 33 heavy (non-hydrogen) atoms. The van der Waals surface area contributed by atoms with Gasteiger partial charge in [-0.05, 0) is 18.2 Å². The number of aromatic amines is 1. The van der Waals surface area contributed by atoms with Crippen LogP contribution < -0.4 is 15.1 Å². The van der Waals surface area contributed by atoms with E-state index in [-0.39, 0.29) is 0 Å². The first-order valence-corrected chi connectivity index (χ1v) is 10.9. The molecule has 0 aliphatic carbocycles. The van der Waals surface area contributed by atoms with Gasteiger partial charge in [0.05, 0.1) is 31.7 Å². The summed E-state index contributed by atoms with van der Waals surface area (Å²) in [7, 11) is 0. The van der Waals surface area contributed by atoms with Gasteiger partial charge in [-0.15, -0.1) is 0 Å². The molecule has 1 saturated heterocycles. The molecule has 0 saturated carbocycles. The first-order valence-electron chi connectivity index (χ1n) is 10.9. The number of fused-ring (bicyclic) bond motifs is 1. The van der Waals surface area contributed by atoms with Crippen LogP contribution in [0.3, 0.4) is 0 Å². The number of benzene rings is 1. The molecule has 168 valence electrons. The number of para-hydroxylation sites is 1. The maximum atomic E-state index is 5.96. The van der Waals surface area contributed by atoms with Crippen molar-refractivity contribution in [3.05, 3.63) is 72.4 Å². The molecule has 0 radical (unpaired) electrons. The second-order valence-corrected chi connectivity index (χ2v) is 7.56. The topological polar surface area (TPSA) is 101 Å². The Hall–Kier alpha value is -3.98. The Labute approximate surface area is 191 Å². The number of nitrogens with one attached hydrogen (secondary N) is 2. The summed E-state index contributed by atoms with van der Waals surface area (Å²) in [5, 5.41) is 5.43. The summed E-state index contributed by atoms with van der Waals surface area (Å²) in [6, 6.07) is 15.8. The van der Waals surface area contributed by atoms with Crippen LogP contribution in [0.5, 0.6) is 5.88 Å². The van der Waals surface area contributed by atoms with Gasteiger partial charge in [0.25, 0.3) is 0 Å². The van der Waals surface area contributed by atoms with Crippen LogP contribution in [0, 0.1) is 0 Å². The van der Waals surface area contributed by atoms with Crippen molar-refractivity contribution in [2.45, 2.75) is 6.42 Å². The molecule has 0 atom stereocenters. The van der Waals surface area contributed by atoms with Crippen LogP contribution >= 0.6 is 0 Å². The highest BCUT2D eigenvalue weighted by molar-refractivity contribution is 5.92. The van der Waals surface area contributed by atoms with Gasteiger partial charge in [-0.1, -0.05) is 24.3 Å². The van der Waals surface area contributed by atoms with Crippen LogP contribution in [-0.2, 0) is 11.2 Å². The molecular formula is C24H25N7O2. The van der Waals surface area contributed by atoms with Gasteiger partial charge in [0.2, 0.25) is 5.88 Å². The maximum Gasteiger partial charge on any atom is 0.219 e. The predicted molar refractivity (Wildman–Crippen MR) is 128 cm³/mol. The van der Waals surface area contributed by atoms with Crippen molar-refractivity contribution in [3.8, 4) is 5.88 Å². The zero-order valence-corrected chi connectivity index (χ0v) is 18.1. The molecule has 5 rings (SSSR count). The van der Waals surface area contributed by atoms with E-state index in [0.717, 1.165) is 41.2 Å². The van der Waals surface area contributed by atoms with Crippen LogP contribution in [0.25, 0.3) is 10.9 Å². The van der Waals surface area contributed by atoms with E-state index in [9.17, 15) is 0 Å². The Kier molecular flexibility index (Phi) is 6.39. The van der Waals surface area contributed by atoms with Crippen molar-refractivity contribution >= 4 is 28.6 Å². The zero-order chi connectivity index (χ0) is 22.3. The summed E-state index contributed by atoms with van der Waals surface area (Å²) in [4.78, 5) is 18.9. The number of rotatable bonds is 8. The number of aromatic nitrogens is 4. The largest absolute Gasteiger partial charge is 0.477 e. The van der Waals surface area contributed by atoms with E-state index >= 15 is 0 Å². The Bertz CT molecular complexity index is 1220. The Morgan fingerprint density at radius 2 is 2.00 bits per heavy atom. The summed E-state index contributed by atoms with van der Waals surface area (Å²) < 4.78 is 11.4. The van der Waals surface area contributed by atoms with E-state index < -0.39 is 0 Å². The molecule has 1 aliphatic heterocycles. The molecule has 9 nitrogen and oxygen atoms in total. The number of H-pyrrole nitrogens is 1. The predicted octanol–water partition coefficient (Wildman–Crippen LogP) is 3.26. The quantitative estimate of drug-likeness (QED) is 0.318. The summed E-state index contributed by atoms with van der Waals surface area (Å²) in [6.45, 7) is 3.36. The third kappa shape index (κ3) is 5.27. The van der Waals surface area contributed by atoms with Gasteiger partial charge in [0.1, 0.15) is 5.82 Å². The second kappa shape index (κ2) is 10.1. The van der Waals surface area contributed by atoms with Crippen LogP contribution in [0.15, 0.2) is 66.0 Å². The highest BCUT2D eigenvalue weighted by atomic mass is 16.5. The van der Waals surface area contributed by atoms with E-state index in [0.29, 0.717) is 37.9 Å². The lowest BCUT2D eigenvalue weighted by atomic mass is 10.2. The standard InChI is InChI=1S/C24H25N7O2/c1-2-7-20-19(6-1)21(16-26-20)30-27-17-22-28-23(31-10-13-32-14-11-31)15-24(29-22)33-12-8-18-5-3-4-9-25-18/h1-7,9,15-17,26,30H,8,10-14H2/b27-17+. The number of morpholine rings is 1. The Balaban J connectivity index is 1.32. The van der Waals surface area contributed by atoms with Crippen molar-refractivity contribution in [3.63, 3.8) is 0 Å². The molecule has 0 spiro atoms. The summed E-state index contributed by atoms with van der Waals surface area (Å²) in [5.74, 6) is 1.78. The fourth-order valence-corrected chi connectivity index (χ4v) is 3.65. The molecule has 0 amide bonds. The van der Waals surface area contributed by atoms with E-state index in [4.69, 9.17) is 9.47 Å². The minimum Gasteiger partial charge on any atom is -0.477 e. The minimum atomic E-state index is 0.471. The monoisotopic (exact) mass is 443 g/mol. The van der Waals surface area contributed by atoms with Gasteiger partial charge in [-0.3, -0.25) is 10.4 Å². The Morgan fingerprint density at radius 1 is 1.12 bits per heavy atom.